The van der Waals surface area contributed by atoms with Gasteiger partial charge in [-0.15, -0.1) is 0 Å². The molecule has 1 aromatic heterocycles. The van der Waals surface area contributed by atoms with Gasteiger partial charge in [-0.05, 0) is 25.0 Å². The maximum atomic E-state index is 12.7. The van der Waals surface area contributed by atoms with E-state index in [1.807, 2.05) is 31.2 Å². The number of rotatable bonds is 4. The molecule has 0 saturated carbocycles. The number of aryl methyl sites for hydroxylation is 1. The van der Waals surface area contributed by atoms with Gasteiger partial charge < -0.3 is 9.88 Å². The molecule has 0 aliphatic carbocycles. The average Bonchev–Trinajstić information content (AvgIpc) is 2.97. The Morgan fingerprint density at radius 2 is 2.00 bits per heavy atom. The van der Waals surface area contributed by atoms with Crippen LogP contribution in [0.5, 0.6) is 0 Å². The molecule has 0 unspecified atom stereocenters. The molecule has 1 aliphatic rings. The quantitative estimate of drug-likeness (QED) is 0.905. The number of hydrogen-bond acceptors (Lipinski definition) is 3. The van der Waals surface area contributed by atoms with E-state index >= 15 is 0 Å². The number of benzene rings is 1. The van der Waals surface area contributed by atoms with Gasteiger partial charge in [0.15, 0.2) is 0 Å². The Bertz CT molecular complexity index is 831. The molecule has 134 valence electrons. The first-order valence-electron chi connectivity index (χ1n) is 8.41. The number of amides is 1. The first kappa shape index (κ1) is 17.7. The normalized spacial score (nSPS) is 16.6. The van der Waals surface area contributed by atoms with Crippen molar-refractivity contribution in [3.63, 3.8) is 0 Å². The van der Waals surface area contributed by atoms with Gasteiger partial charge in [-0.2, -0.15) is 4.31 Å². The van der Waals surface area contributed by atoms with E-state index in [0.29, 0.717) is 38.2 Å². The second-order valence-electron chi connectivity index (χ2n) is 6.39. The average molecular weight is 361 g/mol. The molecule has 1 aromatic carbocycles. The van der Waals surface area contributed by atoms with Crippen molar-refractivity contribution < 1.29 is 13.2 Å². The molecular formula is C18H23N3O3S. The van der Waals surface area contributed by atoms with E-state index in [2.05, 4.69) is 4.98 Å². The number of carbonyl (C=O) groups is 1. The lowest BCUT2D eigenvalue weighted by molar-refractivity contribution is 0.0764. The third-order valence-corrected chi connectivity index (χ3v) is 6.26. The molecule has 2 heterocycles. The standard InChI is InChI=1S/C18H23N3O3S/c1-15-4-2-5-16(12-15)14-25(23,24)21-9-3-8-20(10-11-21)18(22)17-6-7-19-13-17/h2,4-7,12-13,19H,3,8-11,14H2,1H3. The summed E-state index contributed by atoms with van der Waals surface area (Å²) in [5.74, 6) is -0.0559. The number of aromatic nitrogens is 1. The molecule has 1 fully saturated rings. The van der Waals surface area contributed by atoms with Gasteiger partial charge in [0.2, 0.25) is 10.0 Å². The molecule has 0 radical (unpaired) electrons. The van der Waals surface area contributed by atoms with E-state index in [-0.39, 0.29) is 11.7 Å². The number of carbonyl (C=O) groups excluding carboxylic acids is 1. The molecule has 3 rings (SSSR count). The van der Waals surface area contributed by atoms with Crippen LogP contribution in [0.2, 0.25) is 0 Å². The minimum absolute atomic E-state index is 0.000434. The topological polar surface area (TPSA) is 73.5 Å². The lowest BCUT2D eigenvalue weighted by Crippen LogP contribution is -2.37. The van der Waals surface area contributed by atoms with E-state index in [9.17, 15) is 13.2 Å². The summed E-state index contributed by atoms with van der Waals surface area (Å²) in [6.07, 6.45) is 4.02. The predicted molar refractivity (Wildman–Crippen MR) is 96.7 cm³/mol. The number of aromatic amines is 1. The number of H-pyrrole nitrogens is 1. The van der Waals surface area contributed by atoms with Crippen LogP contribution in [0.3, 0.4) is 0 Å². The van der Waals surface area contributed by atoms with Crippen molar-refractivity contribution in [2.24, 2.45) is 0 Å². The first-order chi connectivity index (χ1) is 12.0. The fourth-order valence-corrected chi connectivity index (χ4v) is 4.67. The van der Waals surface area contributed by atoms with Gasteiger partial charge in [-0.3, -0.25) is 4.79 Å². The lowest BCUT2D eigenvalue weighted by atomic mass is 10.2. The molecule has 7 heteroatoms. The Morgan fingerprint density at radius 1 is 1.16 bits per heavy atom. The molecule has 1 aliphatic heterocycles. The summed E-state index contributed by atoms with van der Waals surface area (Å²) in [6.45, 7) is 3.72. The van der Waals surface area contributed by atoms with Crippen molar-refractivity contribution >= 4 is 15.9 Å². The minimum Gasteiger partial charge on any atom is -0.367 e. The molecule has 0 spiro atoms. The van der Waals surface area contributed by atoms with Crippen molar-refractivity contribution in [1.29, 1.82) is 0 Å². The largest absolute Gasteiger partial charge is 0.367 e. The smallest absolute Gasteiger partial charge is 0.255 e. The van der Waals surface area contributed by atoms with Crippen LogP contribution in [0.1, 0.15) is 27.9 Å². The predicted octanol–water partition coefficient (Wildman–Crippen LogP) is 2.00. The van der Waals surface area contributed by atoms with E-state index < -0.39 is 10.0 Å². The molecule has 2 aromatic rings. The highest BCUT2D eigenvalue weighted by Gasteiger charge is 2.27. The highest BCUT2D eigenvalue weighted by Crippen LogP contribution is 2.16. The van der Waals surface area contributed by atoms with E-state index in [4.69, 9.17) is 0 Å². The van der Waals surface area contributed by atoms with Gasteiger partial charge in [-0.1, -0.05) is 29.8 Å². The summed E-state index contributed by atoms with van der Waals surface area (Å²) in [5.41, 5.74) is 2.45. The molecule has 25 heavy (non-hydrogen) atoms. The zero-order valence-electron chi connectivity index (χ0n) is 14.3. The van der Waals surface area contributed by atoms with E-state index in [0.717, 1.165) is 11.1 Å². The monoisotopic (exact) mass is 361 g/mol. The fraction of sp³-hybridized carbons (Fsp3) is 0.389. The molecular weight excluding hydrogens is 338 g/mol. The summed E-state index contributed by atoms with van der Waals surface area (Å²) in [5, 5.41) is 0. The van der Waals surface area contributed by atoms with Crippen molar-refractivity contribution in [2.45, 2.75) is 19.1 Å². The Morgan fingerprint density at radius 3 is 2.72 bits per heavy atom. The maximum Gasteiger partial charge on any atom is 0.255 e. The number of nitrogens with one attached hydrogen (secondary N) is 1. The van der Waals surface area contributed by atoms with Crippen LogP contribution in [-0.2, 0) is 15.8 Å². The van der Waals surface area contributed by atoms with Crippen molar-refractivity contribution in [2.75, 3.05) is 26.2 Å². The Hall–Kier alpha value is -2.12. The lowest BCUT2D eigenvalue weighted by Gasteiger charge is -2.21. The molecule has 0 atom stereocenters. The fourth-order valence-electron chi connectivity index (χ4n) is 3.12. The summed E-state index contributed by atoms with van der Waals surface area (Å²) in [4.78, 5) is 17.0. The van der Waals surface area contributed by atoms with Gasteiger partial charge in [0.25, 0.3) is 5.91 Å². The SMILES string of the molecule is Cc1cccc(CS(=O)(=O)N2CCCN(C(=O)c3cc[nH]c3)CC2)c1. The summed E-state index contributed by atoms with van der Waals surface area (Å²) in [7, 11) is -3.39. The van der Waals surface area contributed by atoms with E-state index in [1.54, 1.807) is 23.4 Å². The van der Waals surface area contributed by atoms with Crippen molar-refractivity contribution in [3.8, 4) is 0 Å². The van der Waals surface area contributed by atoms with E-state index in [1.165, 1.54) is 4.31 Å². The molecule has 6 nitrogen and oxygen atoms in total. The zero-order chi connectivity index (χ0) is 17.9. The Labute approximate surface area is 148 Å². The maximum absolute atomic E-state index is 12.7. The molecule has 1 amide bonds. The third-order valence-electron chi connectivity index (χ3n) is 4.41. The van der Waals surface area contributed by atoms with Crippen molar-refractivity contribution in [3.05, 3.63) is 59.4 Å². The van der Waals surface area contributed by atoms with Gasteiger partial charge >= 0.3 is 0 Å². The van der Waals surface area contributed by atoms with Gasteiger partial charge in [0.1, 0.15) is 0 Å². The van der Waals surface area contributed by atoms with Crippen molar-refractivity contribution in [1.82, 2.24) is 14.2 Å². The van der Waals surface area contributed by atoms with Crippen LogP contribution in [-0.4, -0.2) is 54.7 Å². The highest BCUT2D eigenvalue weighted by atomic mass is 32.2. The zero-order valence-corrected chi connectivity index (χ0v) is 15.1. The second-order valence-corrected chi connectivity index (χ2v) is 8.36. The Kier molecular flexibility index (Phi) is 5.24. The summed E-state index contributed by atoms with van der Waals surface area (Å²) < 4.78 is 27.0. The Balaban J connectivity index is 1.66. The molecule has 0 bridgehead atoms. The van der Waals surface area contributed by atoms with Crippen LogP contribution in [0.4, 0.5) is 0 Å². The second kappa shape index (κ2) is 7.41. The summed E-state index contributed by atoms with van der Waals surface area (Å²) in [6, 6.07) is 9.30. The van der Waals surface area contributed by atoms with Crippen LogP contribution >= 0.6 is 0 Å². The number of hydrogen-bond donors (Lipinski definition) is 1. The molecule has 1 saturated heterocycles. The first-order valence-corrected chi connectivity index (χ1v) is 10.0. The van der Waals surface area contributed by atoms with Crippen LogP contribution < -0.4 is 0 Å². The van der Waals surface area contributed by atoms with Crippen LogP contribution in [0, 0.1) is 6.92 Å². The summed E-state index contributed by atoms with van der Waals surface area (Å²) >= 11 is 0. The van der Waals surface area contributed by atoms with Gasteiger partial charge in [0, 0.05) is 38.6 Å². The van der Waals surface area contributed by atoms with Gasteiger partial charge in [-0.25, -0.2) is 8.42 Å². The molecule has 1 N–H and O–H groups in total. The highest BCUT2D eigenvalue weighted by molar-refractivity contribution is 7.88. The minimum atomic E-state index is -3.39. The third kappa shape index (κ3) is 4.29. The number of nitrogens with zero attached hydrogens (tertiary/aromatic N) is 2. The van der Waals surface area contributed by atoms with Gasteiger partial charge in [0.05, 0.1) is 11.3 Å². The van der Waals surface area contributed by atoms with Crippen LogP contribution in [0.25, 0.3) is 0 Å². The number of sulfonamides is 1. The van der Waals surface area contributed by atoms with Crippen LogP contribution in [0.15, 0.2) is 42.7 Å².